The number of hydrogen-bond acceptors (Lipinski definition) is 4. The minimum absolute atomic E-state index is 0.0698. The maximum absolute atomic E-state index is 14.0. The van der Waals surface area contributed by atoms with E-state index in [-0.39, 0.29) is 13.0 Å². The van der Waals surface area contributed by atoms with Gasteiger partial charge in [-0.1, -0.05) is 11.6 Å². The molecule has 0 heterocycles. The van der Waals surface area contributed by atoms with Gasteiger partial charge in [0.2, 0.25) is 0 Å². The summed E-state index contributed by atoms with van der Waals surface area (Å²) in [5.41, 5.74) is -1.47. The number of ether oxygens (including phenoxy) is 1. The summed E-state index contributed by atoms with van der Waals surface area (Å²) < 4.78 is 58.1. The highest BCUT2D eigenvalue weighted by Gasteiger charge is 2.37. The Kier molecular flexibility index (Phi) is 5.48. The number of aliphatic imine (C=N–C) groups is 1. The standard InChI is InChI=1S/C15H12ClF4NO3/c1-2-24-15(23)7(5-21-10-4-8(10)17)14(22)6-3-9(18)13(20)11(16)12(6)19/h3,5,8,10,22H,2,4H2,1H3/t8-,10+/m0/s1. The van der Waals surface area contributed by atoms with Gasteiger partial charge in [-0.2, -0.15) is 0 Å². The molecule has 2 atom stereocenters. The van der Waals surface area contributed by atoms with Crippen LogP contribution < -0.4 is 0 Å². The molecule has 1 saturated carbocycles. The summed E-state index contributed by atoms with van der Waals surface area (Å²) in [5.74, 6) is -6.75. The van der Waals surface area contributed by atoms with Crippen LogP contribution in [0.2, 0.25) is 5.02 Å². The van der Waals surface area contributed by atoms with Gasteiger partial charge in [0.15, 0.2) is 17.5 Å². The number of carbonyl (C=O) groups excluding carboxylic acids is 1. The SMILES string of the molecule is CCOC(=O)C(C=N[C@@H]1C[C@@H]1F)=C(O)c1cc(F)c(F)c(Cl)c1F. The van der Waals surface area contributed by atoms with Gasteiger partial charge in [0.1, 0.15) is 22.5 Å². The van der Waals surface area contributed by atoms with Crippen molar-refractivity contribution in [3.8, 4) is 0 Å². The molecule has 0 spiro atoms. The lowest BCUT2D eigenvalue weighted by atomic mass is 10.1. The van der Waals surface area contributed by atoms with Gasteiger partial charge >= 0.3 is 5.97 Å². The van der Waals surface area contributed by atoms with E-state index in [1.54, 1.807) is 0 Å². The third-order valence-corrected chi connectivity index (χ3v) is 3.52. The number of esters is 1. The molecule has 0 bridgehead atoms. The van der Waals surface area contributed by atoms with Gasteiger partial charge in [0.25, 0.3) is 0 Å². The first-order chi connectivity index (χ1) is 11.3. The lowest BCUT2D eigenvalue weighted by Gasteiger charge is -2.09. The van der Waals surface area contributed by atoms with Crippen molar-refractivity contribution >= 4 is 29.5 Å². The Balaban J connectivity index is 2.52. The van der Waals surface area contributed by atoms with Crippen LogP contribution in [0.15, 0.2) is 16.6 Å². The summed E-state index contributed by atoms with van der Waals surface area (Å²) in [7, 11) is 0. The Hall–Kier alpha value is -2.09. The molecular weight excluding hydrogens is 354 g/mol. The third-order valence-electron chi connectivity index (χ3n) is 3.18. The molecule has 0 saturated heterocycles. The fourth-order valence-corrected chi connectivity index (χ4v) is 1.98. The predicted octanol–water partition coefficient (Wildman–Crippen LogP) is 3.77. The fourth-order valence-electron chi connectivity index (χ4n) is 1.79. The van der Waals surface area contributed by atoms with Crippen molar-refractivity contribution in [2.24, 2.45) is 4.99 Å². The Bertz CT molecular complexity index is 736. The molecule has 4 nitrogen and oxygen atoms in total. The van der Waals surface area contributed by atoms with E-state index in [1.165, 1.54) is 6.92 Å². The van der Waals surface area contributed by atoms with Crippen LogP contribution in [0.3, 0.4) is 0 Å². The van der Waals surface area contributed by atoms with Crippen molar-refractivity contribution in [1.29, 1.82) is 0 Å². The van der Waals surface area contributed by atoms with Crippen LogP contribution >= 0.6 is 11.6 Å². The lowest BCUT2D eigenvalue weighted by Crippen LogP contribution is -2.12. The molecule has 0 aromatic heterocycles. The largest absolute Gasteiger partial charge is 0.506 e. The Morgan fingerprint density at radius 3 is 2.62 bits per heavy atom. The highest BCUT2D eigenvalue weighted by atomic mass is 35.5. The number of alkyl halides is 1. The van der Waals surface area contributed by atoms with Gasteiger partial charge in [-0.05, 0) is 13.0 Å². The topological polar surface area (TPSA) is 58.9 Å². The molecule has 1 aromatic carbocycles. The summed E-state index contributed by atoms with van der Waals surface area (Å²) >= 11 is 5.31. The van der Waals surface area contributed by atoms with Gasteiger partial charge in [0, 0.05) is 12.6 Å². The highest BCUT2D eigenvalue weighted by molar-refractivity contribution is 6.31. The van der Waals surface area contributed by atoms with Crippen molar-refractivity contribution in [1.82, 2.24) is 0 Å². The predicted molar refractivity (Wildman–Crippen MR) is 79.3 cm³/mol. The van der Waals surface area contributed by atoms with Crippen LogP contribution in [0.1, 0.15) is 18.9 Å². The molecular formula is C15H12ClF4NO3. The molecule has 130 valence electrons. The van der Waals surface area contributed by atoms with E-state index in [0.29, 0.717) is 6.07 Å². The maximum Gasteiger partial charge on any atom is 0.343 e. The van der Waals surface area contributed by atoms with E-state index in [9.17, 15) is 27.5 Å². The molecule has 1 aliphatic rings. The summed E-state index contributed by atoms with van der Waals surface area (Å²) in [6, 6.07) is -0.339. The number of nitrogens with zero attached hydrogens (tertiary/aromatic N) is 1. The van der Waals surface area contributed by atoms with E-state index in [2.05, 4.69) is 9.73 Å². The molecule has 1 fully saturated rings. The van der Waals surface area contributed by atoms with Gasteiger partial charge < -0.3 is 9.84 Å². The number of halogens is 5. The van der Waals surface area contributed by atoms with Crippen LogP contribution in [0, 0.1) is 17.5 Å². The summed E-state index contributed by atoms with van der Waals surface area (Å²) in [4.78, 5) is 15.6. The first-order valence-corrected chi connectivity index (χ1v) is 7.26. The molecule has 0 aliphatic heterocycles. The summed E-state index contributed by atoms with van der Waals surface area (Å²) in [5, 5.41) is 8.93. The van der Waals surface area contributed by atoms with E-state index < -0.39 is 57.6 Å². The summed E-state index contributed by atoms with van der Waals surface area (Å²) in [6.07, 6.45) is -0.202. The van der Waals surface area contributed by atoms with Crippen LogP contribution in [0.5, 0.6) is 0 Å². The summed E-state index contributed by atoms with van der Waals surface area (Å²) in [6.45, 7) is 1.41. The van der Waals surface area contributed by atoms with E-state index in [4.69, 9.17) is 11.6 Å². The number of rotatable bonds is 5. The van der Waals surface area contributed by atoms with Crippen molar-refractivity contribution in [3.63, 3.8) is 0 Å². The first kappa shape index (κ1) is 18.3. The van der Waals surface area contributed by atoms with Crippen molar-refractivity contribution in [2.45, 2.75) is 25.6 Å². The number of hydrogen-bond donors (Lipinski definition) is 1. The molecule has 9 heteroatoms. The maximum atomic E-state index is 14.0. The highest BCUT2D eigenvalue weighted by Crippen LogP contribution is 2.31. The van der Waals surface area contributed by atoms with E-state index in [0.717, 1.165) is 6.21 Å². The zero-order valence-corrected chi connectivity index (χ0v) is 13.1. The van der Waals surface area contributed by atoms with Crippen LogP contribution in [0.25, 0.3) is 5.76 Å². The van der Waals surface area contributed by atoms with Gasteiger partial charge in [-0.15, -0.1) is 0 Å². The minimum Gasteiger partial charge on any atom is -0.506 e. The second kappa shape index (κ2) is 7.21. The number of aliphatic hydroxyl groups is 1. The normalized spacial score (nSPS) is 20.9. The van der Waals surface area contributed by atoms with Crippen LogP contribution in [-0.4, -0.2) is 36.1 Å². The molecule has 1 aromatic rings. The number of carbonyl (C=O) groups is 1. The third kappa shape index (κ3) is 3.69. The Morgan fingerprint density at radius 1 is 1.46 bits per heavy atom. The van der Waals surface area contributed by atoms with E-state index >= 15 is 0 Å². The number of aliphatic hydroxyl groups excluding tert-OH is 1. The molecule has 0 amide bonds. The zero-order chi connectivity index (χ0) is 18.0. The van der Waals surface area contributed by atoms with Crippen LogP contribution in [0.4, 0.5) is 17.6 Å². The Morgan fingerprint density at radius 2 is 2.08 bits per heavy atom. The molecule has 1 N–H and O–H groups in total. The van der Waals surface area contributed by atoms with Gasteiger partial charge in [0.05, 0.1) is 18.2 Å². The molecule has 0 unspecified atom stereocenters. The average molecular weight is 366 g/mol. The molecule has 1 aliphatic carbocycles. The molecule has 2 rings (SSSR count). The zero-order valence-electron chi connectivity index (χ0n) is 12.3. The average Bonchev–Trinajstić information content (AvgIpc) is 3.24. The number of benzene rings is 1. The molecule has 0 radical (unpaired) electrons. The fraction of sp³-hybridized carbons (Fsp3) is 0.333. The monoisotopic (exact) mass is 365 g/mol. The minimum atomic E-state index is -1.63. The lowest BCUT2D eigenvalue weighted by molar-refractivity contribution is -0.137. The Labute approximate surface area is 139 Å². The van der Waals surface area contributed by atoms with E-state index in [1.807, 2.05) is 0 Å². The molecule has 24 heavy (non-hydrogen) atoms. The first-order valence-electron chi connectivity index (χ1n) is 6.88. The van der Waals surface area contributed by atoms with Crippen molar-refractivity contribution < 1.29 is 32.2 Å². The van der Waals surface area contributed by atoms with Gasteiger partial charge in [-0.25, -0.2) is 22.4 Å². The second-order valence-electron chi connectivity index (χ2n) is 4.93. The van der Waals surface area contributed by atoms with Crippen molar-refractivity contribution in [3.05, 3.63) is 39.7 Å². The van der Waals surface area contributed by atoms with Gasteiger partial charge in [-0.3, -0.25) is 4.99 Å². The smallest absolute Gasteiger partial charge is 0.343 e. The quantitative estimate of drug-likeness (QED) is 0.164. The second-order valence-corrected chi connectivity index (χ2v) is 5.31. The van der Waals surface area contributed by atoms with Crippen molar-refractivity contribution in [2.75, 3.05) is 6.61 Å². The van der Waals surface area contributed by atoms with Crippen LogP contribution in [-0.2, 0) is 9.53 Å².